The van der Waals surface area contributed by atoms with Crippen molar-refractivity contribution in [1.82, 2.24) is 4.90 Å². The van der Waals surface area contributed by atoms with E-state index in [2.05, 4.69) is 0 Å². The van der Waals surface area contributed by atoms with Crippen LogP contribution in [0.15, 0.2) is 24.3 Å². The van der Waals surface area contributed by atoms with Crippen LogP contribution in [-0.4, -0.2) is 42.0 Å². The van der Waals surface area contributed by atoms with E-state index < -0.39 is 4.92 Å². The quantitative estimate of drug-likeness (QED) is 0.595. The summed E-state index contributed by atoms with van der Waals surface area (Å²) >= 11 is 0. The molecule has 0 radical (unpaired) electrons. The maximum absolute atomic E-state index is 12.3. The first-order valence-corrected chi connectivity index (χ1v) is 6.26. The molecule has 6 nitrogen and oxygen atoms in total. The van der Waals surface area contributed by atoms with Crippen LogP contribution in [0.3, 0.4) is 0 Å². The summed E-state index contributed by atoms with van der Waals surface area (Å²) in [6, 6.07) is 5.77. The van der Waals surface area contributed by atoms with Crippen LogP contribution < -0.4 is 0 Å². The van der Waals surface area contributed by atoms with Crippen molar-refractivity contribution in [2.24, 2.45) is 11.8 Å². The summed E-state index contributed by atoms with van der Waals surface area (Å²) < 4.78 is 5.37. The molecule has 0 spiro atoms. The lowest BCUT2D eigenvalue weighted by atomic mass is 10.0. The minimum atomic E-state index is -0.466. The zero-order valence-electron chi connectivity index (χ0n) is 10.3. The summed E-state index contributed by atoms with van der Waals surface area (Å²) in [5.41, 5.74) is 0.509. The summed E-state index contributed by atoms with van der Waals surface area (Å²) in [4.78, 5) is 24.2. The van der Waals surface area contributed by atoms with Crippen molar-refractivity contribution in [2.45, 2.75) is 0 Å². The summed E-state index contributed by atoms with van der Waals surface area (Å²) in [7, 11) is 0. The summed E-state index contributed by atoms with van der Waals surface area (Å²) in [5.74, 6) is 0.841. The predicted molar refractivity (Wildman–Crippen MR) is 66.8 cm³/mol. The fourth-order valence-electron chi connectivity index (χ4n) is 2.76. The fraction of sp³-hybridized carbons (Fsp3) is 0.462. The third-order valence-corrected chi connectivity index (χ3v) is 3.85. The van der Waals surface area contributed by atoms with Crippen molar-refractivity contribution in [1.29, 1.82) is 0 Å². The van der Waals surface area contributed by atoms with Gasteiger partial charge in [-0.15, -0.1) is 0 Å². The summed E-state index contributed by atoms with van der Waals surface area (Å²) in [6.07, 6.45) is 0. The molecular formula is C13H14N2O4. The van der Waals surface area contributed by atoms with E-state index in [1.165, 1.54) is 24.3 Å². The van der Waals surface area contributed by atoms with Gasteiger partial charge in [0.2, 0.25) is 0 Å². The average molecular weight is 262 g/mol. The fourth-order valence-corrected chi connectivity index (χ4v) is 2.76. The van der Waals surface area contributed by atoms with Crippen molar-refractivity contribution in [2.75, 3.05) is 26.3 Å². The number of likely N-dealkylation sites (tertiary alicyclic amines) is 1. The largest absolute Gasteiger partial charge is 0.381 e. The van der Waals surface area contributed by atoms with Gasteiger partial charge in [0.25, 0.3) is 11.6 Å². The molecule has 3 rings (SSSR count). The van der Waals surface area contributed by atoms with Gasteiger partial charge in [-0.25, -0.2) is 0 Å². The minimum Gasteiger partial charge on any atom is -0.381 e. The molecular weight excluding hydrogens is 248 g/mol. The number of amides is 1. The zero-order valence-corrected chi connectivity index (χ0v) is 10.3. The molecule has 0 unspecified atom stereocenters. The van der Waals surface area contributed by atoms with Crippen molar-refractivity contribution < 1.29 is 14.5 Å². The summed E-state index contributed by atoms with van der Waals surface area (Å²) in [6.45, 7) is 2.91. The lowest BCUT2D eigenvalue weighted by molar-refractivity contribution is -0.384. The van der Waals surface area contributed by atoms with Crippen LogP contribution in [0.1, 0.15) is 10.4 Å². The van der Waals surface area contributed by atoms with E-state index in [1.807, 2.05) is 4.90 Å². The van der Waals surface area contributed by atoms with Gasteiger partial charge < -0.3 is 9.64 Å². The Morgan fingerprint density at radius 3 is 2.32 bits per heavy atom. The second-order valence-corrected chi connectivity index (χ2v) is 5.07. The van der Waals surface area contributed by atoms with Crippen LogP contribution in [0.25, 0.3) is 0 Å². The Balaban J connectivity index is 1.72. The van der Waals surface area contributed by atoms with Gasteiger partial charge in [-0.05, 0) is 12.1 Å². The molecule has 2 saturated heterocycles. The topological polar surface area (TPSA) is 72.7 Å². The van der Waals surface area contributed by atoms with Crippen LogP contribution in [0.2, 0.25) is 0 Å². The van der Waals surface area contributed by atoms with Crippen LogP contribution in [0, 0.1) is 22.0 Å². The second-order valence-electron chi connectivity index (χ2n) is 5.07. The van der Waals surface area contributed by atoms with Gasteiger partial charge in [0, 0.05) is 42.6 Å². The van der Waals surface area contributed by atoms with E-state index in [-0.39, 0.29) is 11.6 Å². The Kier molecular flexibility index (Phi) is 2.94. The van der Waals surface area contributed by atoms with Gasteiger partial charge in [0.15, 0.2) is 0 Å². The molecule has 0 saturated carbocycles. The number of benzene rings is 1. The van der Waals surface area contributed by atoms with E-state index in [9.17, 15) is 14.9 Å². The molecule has 2 fully saturated rings. The molecule has 1 aromatic carbocycles. The maximum atomic E-state index is 12.3. The summed E-state index contributed by atoms with van der Waals surface area (Å²) in [5, 5.41) is 10.6. The van der Waals surface area contributed by atoms with E-state index >= 15 is 0 Å². The number of carbonyl (C=O) groups is 1. The zero-order chi connectivity index (χ0) is 13.4. The van der Waals surface area contributed by atoms with Crippen molar-refractivity contribution in [3.8, 4) is 0 Å². The molecule has 1 aromatic rings. The van der Waals surface area contributed by atoms with Gasteiger partial charge in [0.05, 0.1) is 18.1 Å². The van der Waals surface area contributed by atoms with Crippen LogP contribution >= 0.6 is 0 Å². The SMILES string of the molecule is O=C(c1ccc([N+](=O)[O-])cc1)N1C[C@H]2COC[C@H]2C1. The molecule has 1 amide bonds. The molecule has 0 bridgehead atoms. The van der Waals surface area contributed by atoms with Crippen LogP contribution in [0.4, 0.5) is 5.69 Å². The molecule has 0 aromatic heterocycles. The maximum Gasteiger partial charge on any atom is 0.269 e. The number of hydrogen-bond acceptors (Lipinski definition) is 4. The minimum absolute atomic E-state index is 0.00300. The van der Waals surface area contributed by atoms with Crippen LogP contribution in [-0.2, 0) is 4.74 Å². The van der Waals surface area contributed by atoms with E-state index in [0.717, 1.165) is 26.3 Å². The molecule has 19 heavy (non-hydrogen) atoms. The standard InChI is InChI=1S/C13H14N2O4/c16-13(9-1-3-12(4-2-9)15(17)18)14-5-10-7-19-8-11(10)6-14/h1-4,10-11H,5-8H2/t10-,11+. The van der Waals surface area contributed by atoms with Gasteiger partial charge in [-0.3, -0.25) is 14.9 Å². The molecule has 0 aliphatic carbocycles. The number of hydrogen-bond donors (Lipinski definition) is 0. The van der Waals surface area contributed by atoms with Gasteiger partial charge >= 0.3 is 0 Å². The van der Waals surface area contributed by atoms with Gasteiger partial charge in [-0.1, -0.05) is 0 Å². The Labute approximate surface area is 110 Å². The smallest absolute Gasteiger partial charge is 0.269 e. The highest BCUT2D eigenvalue weighted by Gasteiger charge is 2.39. The van der Waals surface area contributed by atoms with E-state index in [4.69, 9.17) is 4.74 Å². The average Bonchev–Trinajstić information content (AvgIpc) is 2.98. The molecule has 2 heterocycles. The Morgan fingerprint density at radius 1 is 1.21 bits per heavy atom. The first-order valence-electron chi connectivity index (χ1n) is 6.26. The number of rotatable bonds is 2. The molecule has 6 heteroatoms. The predicted octanol–water partition coefficient (Wildman–Crippen LogP) is 1.31. The van der Waals surface area contributed by atoms with Crippen LogP contribution in [0.5, 0.6) is 0 Å². The highest BCUT2D eigenvalue weighted by molar-refractivity contribution is 5.94. The molecule has 100 valence electrons. The number of nitro groups is 1. The first-order chi connectivity index (χ1) is 9.15. The molecule has 2 aliphatic heterocycles. The lowest BCUT2D eigenvalue weighted by Gasteiger charge is -2.17. The Morgan fingerprint density at radius 2 is 1.79 bits per heavy atom. The molecule has 2 aliphatic rings. The van der Waals surface area contributed by atoms with Gasteiger partial charge in [0.1, 0.15) is 0 Å². The third kappa shape index (κ3) is 2.19. The van der Waals surface area contributed by atoms with Gasteiger partial charge in [-0.2, -0.15) is 0 Å². The lowest BCUT2D eigenvalue weighted by Crippen LogP contribution is -2.30. The number of nitro benzene ring substituents is 1. The molecule has 0 N–H and O–H groups in total. The first kappa shape index (κ1) is 12.1. The normalized spacial score (nSPS) is 25.4. The second kappa shape index (κ2) is 4.62. The molecule has 2 atom stereocenters. The Hall–Kier alpha value is -1.95. The van der Waals surface area contributed by atoms with Crippen molar-refractivity contribution >= 4 is 11.6 Å². The number of nitrogens with zero attached hydrogens (tertiary/aromatic N) is 2. The highest BCUT2D eigenvalue weighted by atomic mass is 16.6. The monoisotopic (exact) mass is 262 g/mol. The van der Waals surface area contributed by atoms with E-state index in [0.29, 0.717) is 17.4 Å². The number of carbonyl (C=O) groups excluding carboxylic acids is 1. The number of ether oxygens (including phenoxy) is 1. The highest BCUT2D eigenvalue weighted by Crippen LogP contribution is 2.30. The third-order valence-electron chi connectivity index (χ3n) is 3.85. The van der Waals surface area contributed by atoms with E-state index in [1.54, 1.807) is 0 Å². The van der Waals surface area contributed by atoms with Crippen molar-refractivity contribution in [3.63, 3.8) is 0 Å². The van der Waals surface area contributed by atoms with Crippen molar-refractivity contribution in [3.05, 3.63) is 39.9 Å². The number of non-ortho nitro benzene ring substituents is 1. The Bertz CT molecular complexity index is 502. The number of fused-ring (bicyclic) bond motifs is 1.